The Bertz CT molecular complexity index is 1670. The van der Waals surface area contributed by atoms with Gasteiger partial charge in [0.2, 0.25) is 0 Å². The maximum absolute atomic E-state index is 12.7. The van der Waals surface area contributed by atoms with Gasteiger partial charge in [-0.2, -0.15) is 0 Å². The van der Waals surface area contributed by atoms with Gasteiger partial charge in [-0.15, -0.1) is 0 Å². The van der Waals surface area contributed by atoms with E-state index in [2.05, 4.69) is 53.1 Å². The maximum Gasteiger partial charge on any atom is 0.266 e. The number of benzene rings is 3. The molecule has 2 aliphatic rings. The number of rotatable bonds is 5. The molecule has 194 valence electrons. The van der Waals surface area contributed by atoms with Crippen LogP contribution in [-0.4, -0.2) is 45.2 Å². The van der Waals surface area contributed by atoms with E-state index < -0.39 is 0 Å². The number of carbonyl (C=O) groups excluding carboxylic acids is 1. The van der Waals surface area contributed by atoms with Gasteiger partial charge in [0, 0.05) is 31.3 Å². The molecule has 4 aromatic rings. The Labute approximate surface area is 237 Å². The molecule has 0 saturated carbocycles. The van der Waals surface area contributed by atoms with E-state index in [-0.39, 0.29) is 5.91 Å². The van der Waals surface area contributed by atoms with E-state index in [0.717, 1.165) is 57.3 Å². The number of anilines is 2. The number of hydrogen-bond donors (Lipinski definition) is 0. The van der Waals surface area contributed by atoms with Crippen LogP contribution in [0.1, 0.15) is 13.8 Å². The molecule has 1 fully saturated rings. The summed E-state index contributed by atoms with van der Waals surface area (Å²) in [5.41, 5.74) is 7.55. The Morgan fingerprint density at radius 3 is 1.85 bits per heavy atom. The minimum absolute atomic E-state index is 0.0356. The summed E-state index contributed by atoms with van der Waals surface area (Å²) in [6.45, 7) is 5.40. The molecule has 2 aliphatic heterocycles. The average Bonchev–Trinajstić information content (AvgIpc) is 3.40. The van der Waals surface area contributed by atoms with Gasteiger partial charge in [-0.25, -0.2) is 9.97 Å². The van der Waals surface area contributed by atoms with E-state index in [1.54, 1.807) is 4.90 Å². The summed E-state index contributed by atoms with van der Waals surface area (Å²) < 4.78 is 0.606. The fourth-order valence-electron chi connectivity index (χ4n) is 5.06. The first-order chi connectivity index (χ1) is 19.0. The van der Waals surface area contributed by atoms with E-state index >= 15 is 0 Å². The second-order valence-corrected chi connectivity index (χ2v) is 10.9. The third kappa shape index (κ3) is 4.39. The number of hydrogen-bond acceptors (Lipinski definition) is 7. The van der Waals surface area contributed by atoms with Crippen molar-refractivity contribution in [1.82, 2.24) is 14.9 Å². The number of allylic oxidation sites excluding steroid dienone is 2. The molecule has 1 aromatic heterocycles. The summed E-state index contributed by atoms with van der Waals surface area (Å²) in [7, 11) is 2.04. The van der Waals surface area contributed by atoms with Gasteiger partial charge in [0.15, 0.2) is 0 Å². The van der Waals surface area contributed by atoms with Crippen molar-refractivity contribution in [2.75, 3.05) is 29.9 Å². The van der Waals surface area contributed by atoms with E-state index in [9.17, 15) is 4.79 Å². The molecule has 0 unspecified atom stereocenters. The highest BCUT2D eigenvalue weighted by atomic mass is 32.2. The molecule has 39 heavy (non-hydrogen) atoms. The number of nitrogens with zero attached hydrogens (tertiary/aromatic N) is 5. The first-order valence-corrected chi connectivity index (χ1v) is 14.2. The van der Waals surface area contributed by atoms with Crippen molar-refractivity contribution in [3.05, 3.63) is 95.7 Å². The van der Waals surface area contributed by atoms with Crippen LogP contribution in [0.25, 0.3) is 33.5 Å². The van der Waals surface area contributed by atoms with Crippen LogP contribution >= 0.6 is 24.0 Å². The van der Waals surface area contributed by atoms with Crippen LogP contribution in [-0.2, 0) is 4.79 Å². The number of thioether (sulfide) groups is 1. The first kappa shape index (κ1) is 25.3. The lowest BCUT2D eigenvalue weighted by atomic mass is 10.0. The van der Waals surface area contributed by atoms with E-state index in [1.165, 1.54) is 11.8 Å². The number of fused-ring (bicyclic) bond motifs is 2. The van der Waals surface area contributed by atoms with Crippen LogP contribution in [0.2, 0.25) is 0 Å². The van der Waals surface area contributed by atoms with Crippen molar-refractivity contribution in [3.8, 4) is 22.5 Å². The zero-order valence-corrected chi connectivity index (χ0v) is 23.6. The summed E-state index contributed by atoms with van der Waals surface area (Å²) in [4.78, 5) is 29.7. The van der Waals surface area contributed by atoms with Crippen molar-refractivity contribution in [2.45, 2.75) is 13.8 Å². The van der Waals surface area contributed by atoms with E-state index in [4.69, 9.17) is 22.2 Å². The zero-order valence-electron chi connectivity index (χ0n) is 22.0. The van der Waals surface area contributed by atoms with Crippen molar-refractivity contribution in [1.29, 1.82) is 0 Å². The third-order valence-electron chi connectivity index (χ3n) is 7.02. The Hall–Kier alpha value is -4.01. The van der Waals surface area contributed by atoms with Gasteiger partial charge in [-0.1, -0.05) is 84.6 Å². The zero-order chi connectivity index (χ0) is 27.1. The molecular weight excluding hydrogens is 523 g/mol. The number of aromatic nitrogens is 2. The van der Waals surface area contributed by atoms with Crippen LogP contribution in [0.3, 0.4) is 0 Å². The standard InChI is InChI=1S/C31H27N5OS2/c1-4-35-25-19-23-22(18-24(25)34(3)27(35)17-16-26-30(37)36(5-2)31(38)39-26)32-28(20-12-8-6-9-13-20)29(33-23)21-14-10-7-11-15-21/h6-19H,4-5H2,1-3H3/b26-16+,27-17-. The molecule has 1 amide bonds. The molecule has 0 bridgehead atoms. The second-order valence-electron chi connectivity index (χ2n) is 9.26. The Morgan fingerprint density at radius 1 is 0.795 bits per heavy atom. The highest BCUT2D eigenvalue weighted by Gasteiger charge is 2.32. The number of thiocarbonyl (C=S) groups is 1. The predicted octanol–water partition coefficient (Wildman–Crippen LogP) is 6.85. The molecule has 3 aromatic carbocycles. The van der Waals surface area contributed by atoms with Crippen molar-refractivity contribution >= 4 is 56.6 Å². The first-order valence-electron chi connectivity index (χ1n) is 12.9. The predicted molar refractivity (Wildman–Crippen MR) is 166 cm³/mol. The summed E-state index contributed by atoms with van der Waals surface area (Å²) >= 11 is 6.73. The molecule has 0 atom stereocenters. The molecule has 1 saturated heterocycles. The third-order valence-corrected chi connectivity index (χ3v) is 8.41. The lowest BCUT2D eigenvalue weighted by Crippen LogP contribution is -2.27. The highest BCUT2D eigenvalue weighted by molar-refractivity contribution is 8.26. The lowest BCUT2D eigenvalue weighted by molar-refractivity contribution is -0.122. The quantitative estimate of drug-likeness (QED) is 0.199. The van der Waals surface area contributed by atoms with Crippen LogP contribution in [0, 0.1) is 0 Å². The molecule has 0 N–H and O–H groups in total. The minimum atomic E-state index is -0.0356. The number of likely N-dealkylation sites (N-methyl/N-ethyl adjacent to an activating group) is 1. The van der Waals surface area contributed by atoms with Gasteiger partial charge in [0.25, 0.3) is 5.91 Å². The summed E-state index contributed by atoms with van der Waals surface area (Å²) in [6.07, 6.45) is 3.88. The van der Waals surface area contributed by atoms with Crippen molar-refractivity contribution in [3.63, 3.8) is 0 Å². The molecule has 3 heterocycles. The Kier molecular flexibility index (Phi) is 6.66. The fraction of sp³-hybridized carbons (Fsp3) is 0.161. The van der Waals surface area contributed by atoms with Gasteiger partial charge in [-0.3, -0.25) is 9.69 Å². The maximum atomic E-state index is 12.7. The number of carbonyl (C=O) groups is 1. The molecule has 8 heteroatoms. The largest absolute Gasteiger partial charge is 0.329 e. The minimum Gasteiger partial charge on any atom is -0.329 e. The highest BCUT2D eigenvalue weighted by Crippen LogP contribution is 2.44. The second kappa shape index (κ2) is 10.3. The molecule has 0 aliphatic carbocycles. The van der Waals surface area contributed by atoms with Crippen LogP contribution in [0.5, 0.6) is 0 Å². The molecule has 6 nitrogen and oxygen atoms in total. The Morgan fingerprint density at radius 2 is 1.33 bits per heavy atom. The van der Waals surface area contributed by atoms with Gasteiger partial charge < -0.3 is 9.80 Å². The monoisotopic (exact) mass is 549 g/mol. The fourth-order valence-corrected chi connectivity index (χ4v) is 6.38. The Balaban J connectivity index is 1.47. The van der Waals surface area contributed by atoms with Crippen LogP contribution < -0.4 is 9.80 Å². The summed E-state index contributed by atoms with van der Waals surface area (Å²) in [5, 5.41) is 0. The SMILES string of the molecule is CCN1C(=O)/C(=C\C=C2\N(C)c3cc4nc(-c5ccccc5)c(-c5ccccc5)nc4cc3N2CC)SC1=S. The normalized spacial score (nSPS) is 17.3. The lowest BCUT2D eigenvalue weighted by Gasteiger charge is -2.20. The molecular formula is C31H27N5OS2. The number of amides is 1. The van der Waals surface area contributed by atoms with Gasteiger partial charge in [0.05, 0.1) is 38.7 Å². The molecule has 0 spiro atoms. The molecule has 6 rings (SSSR count). The van der Waals surface area contributed by atoms with Crippen LogP contribution in [0.4, 0.5) is 11.4 Å². The summed E-state index contributed by atoms with van der Waals surface area (Å²) in [5.74, 6) is 0.947. The van der Waals surface area contributed by atoms with E-state index in [0.29, 0.717) is 15.8 Å². The van der Waals surface area contributed by atoms with Crippen LogP contribution in [0.15, 0.2) is 95.7 Å². The van der Waals surface area contributed by atoms with Gasteiger partial charge >= 0.3 is 0 Å². The van der Waals surface area contributed by atoms with Crippen molar-refractivity contribution < 1.29 is 4.79 Å². The average molecular weight is 550 g/mol. The van der Waals surface area contributed by atoms with Gasteiger partial charge in [-0.05, 0) is 38.1 Å². The smallest absolute Gasteiger partial charge is 0.266 e. The topological polar surface area (TPSA) is 52.6 Å². The van der Waals surface area contributed by atoms with E-state index in [1.807, 2.05) is 62.5 Å². The van der Waals surface area contributed by atoms with Gasteiger partial charge in [0.1, 0.15) is 10.1 Å². The van der Waals surface area contributed by atoms with Crippen molar-refractivity contribution in [2.24, 2.45) is 0 Å². The summed E-state index contributed by atoms with van der Waals surface area (Å²) in [6, 6.07) is 24.6. The molecule has 0 radical (unpaired) electrons.